The Morgan fingerprint density at radius 2 is 1.96 bits per heavy atom. The maximum absolute atomic E-state index is 13.7. The third kappa shape index (κ3) is 6.42. The van der Waals surface area contributed by atoms with Crippen molar-refractivity contribution in [1.29, 1.82) is 0 Å². The van der Waals surface area contributed by atoms with Gasteiger partial charge in [-0.25, -0.2) is 9.50 Å². The molecule has 0 aliphatic carbocycles. The summed E-state index contributed by atoms with van der Waals surface area (Å²) >= 11 is 2.09. The molecule has 4 aromatic heterocycles. The molecule has 6 rings (SSSR count). The average molecular weight is 734 g/mol. The number of amides is 2. The first-order chi connectivity index (χ1) is 21.4. The quantitative estimate of drug-likeness (QED) is 0.138. The Labute approximate surface area is 267 Å². The van der Waals surface area contributed by atoms with Gasteiger partial charge in [-0.15, -0.1) is 13.2 Å². The normalized spacial score (nSPS) is 17.6. The zero-order valence-corrected chi connectivity index (χ0v) is 26.0. The number of likely N-dealkylation sites (tertiary alicyclic amines) is 1. The lowest BCUT2D eigenvalue weighted by Gasteiger charge is -2.27. The van der Waals surface area contributed by atoms with Gasteiger partial charge in [0.25, 0.3) is 0 Å². The smallest absolute Gasteiger partial charge is 0.388 e. The van der Waals surface area contributed by atoms with E-state index >= 15 is 0 Å². The van der Waals surface area contributed by atoms with E-state index in [1.807, 2.05) is 37.4 Å². The molecule has 3 atom stereocenters. The molecule has 1 aliphatic heterocycles. The topological polar surface area (TPSA) is 140 Å². The molecule has 45 heavy (non-hydrogen) atoms. The predicted molar refractivity (Wildman–Crippen MR) is 164 cm³/mol. The first kappa shape index (κ1) is 30.7. The van der Waals surface area contributed by atoms with E-state index < -0.39 is 30.3 Å². The lowest BCUT2D eigenvalue weighted by atomic mass is 10.0. The number of aliphatic hydroxyl groups excluding tert-OH is 1. The van der Waals surface area contributed by atoms with Crippen molar-refractivity contribution in [2.45, 2.75) is 55.8 Å². The molecule has 234 valence electrons. The maximum atomic E-state index is 13.7. The molecule has 1 aromatic carbocycles. The lowest BCUT2D eigenvalue weighted by molar-refractivity contribution is -0.276. The minimum atomic E-state index is -4.93. The van der Waals surface area contributed by atoms with Crippen LogP contribution in [0.5, 0.6) is 5.88 Å². The van der Waals surface area contributed by atoms with Crippen molar-refractivity contribution < 1.29 is 32.6 Å². The SMILES string of the molecule is Cc1cc2ncc(-c3ccc4c(c3)c(C(C)O)nn4CC(=O)N3[C@H](I)CC[C@H]3C(=O)Nc3cccc(OC(F)(F)F)n3)cn2n1. The van der Waals surface area contributed by atoms with Crippen LogP contribution in [0.4, 0.5) is 19.0 Å². The standard InChI is InChI=1S/C29H26F3IN8O4/c1-15-10-24-34-12-18(13-40(24)37-15)17-6-7-20-19(11-17)27(16(2)42)38-39(20)14-26(43)41-21(8-9-22(41)33)28(44)36-23-4-3-5-25(35-23)45-29(30,31)32/h3-7,10-13,16,21-22,42H,8-9,14H2,1-2H3,(H,35,36,44)/t16?,21-,22-/m0/s1. The Kier molecular flexibility index (Phi) is 8.11. The summed E-state index contributed by atoms with van der Waals surface area (Å²) in [5, 5.41) is 22.7. The summed E-state index contributed by atoms with van der Waals surface area (Å²) in [5.74, 6) is -1.83. The Balaban J connectivity index is 1.24. The molecule has 1 unspecified atom stereocenters. The van der Waals surface area contributed by atoms with Crippen LogP contribution < -0.4 is 10.1 Å². The van der Waals surface area contributed by atoms with Crippen molar-refractivity contribution in [2.75, 3.05) is 5.32 Å². The molecule has 0 spiro atoms. The minimum Gasteiger partial charge on any atom is -0.388 e. The van der Waals surface area contributed by atoms with Crippen molar-refractivity contribution in [3.63, 3.8) is 0 Å². The summed E-state index contributed by atoms with van der Waals surface area (Å²) in [6.45, 7) is 3.26. The fraction of sp³-hybridized carbons (Fsp3) is 0.310. The summed E-state index contributed by atoms with van der Waals surface area (Å²) in [6, 6.07) is 10.2. The number of alkyl halides is 4. The molecule has 0 radical (unpaired) electrons. The van der Waals surface area contributed by atoms with Crippen molar-refractivity contribution >= 4 is 56.8 Å². The molecule has 5 heterocycles. The highest BCUT2D eigenvalue weighted by molar-refractivity contribution is 14.1. The van der Waals surface area contributed by atoms with E-state index in [-0.39, 0.29) is 22.3 Å². The van der Waals surface area contributed by atoms with Gasteiger partial charge < -0.3 is 20.1 Å². The van der Waals surface area contributed by atoms with Gasteiger partial charge in [0.05, 0.1) is 27.1 Å². The molecule has 0 bridgehead atoms. The fourth-order valence-corrected chi connectivity index (χ4v) is 6.45. The van der Waals surface area contributed by atoms with Crippen LogP contribution in [-0.4, -0.2) is 67.6 Å². The number of aryl methyl sites for hydroxylation is 1. The molecule has 2 amide bonds. The van der Waals surface area contributed by atoms with Gasteiger partial charge in [-0.05, 0) is 50.5 Å². The van der Waals surface area contributed by atoms with Crippen LogP contribution in [0.3, 0.4) is 0 Å². The van der Waals surface area contributed by atoms with Crippen LogP contribution >= 0.6 is 22.6 Å². The number of hydrogen-bond donors (Lipinski definition) is 2. The van der Waals surface area contributed by atoms with Crippen molar-refractivity contribution in [3.8, 4) is 17.0 Å². The monoisotopic (exact) mass is 734 g/mol. The van der Waals surface area contributed by atoms with Gasteiger partial charge in [-0.1, -0.05) is 34.7 Å². The van der Waals surface area contributed by atoms with E-state index in [0.717, 1.165) is 28.5 Å². The number of nitrogens with one attached hydrogen (secondary N) is 1. The number of carbonyl (C=O) groups excluding carboxylic acids is 2. The van der Waals surface area contributed by atoms with Crippen LogP contribution in [0.15, 0.2) is 54.9 Å². The molecule has 12 nitrogen and oxygen atoms in total. The first-order valence-electron chi connectivity index (χ1n) is 13.9. The summed E-state index contributed by atoms with van der Waals surface area (Å²) < 4.78 is 44.6. The average Bonchev–Trinajstić information content (AvgIpc) is 3.65. The number of ether oxygens (including phenoxy) is 1. The van der Waals surface area contributed by atoms with Gasteiger partial charge in [-0.3, -0.25) is 14.3 Å². The number of halogens is 4. The molecule has 1 saturated heterocycles. The molecule has 16 heteroatoms. The number of anilines is 1. The third-order valence-corrected chi connectivity index (χ3v) is 8.55. The Bertz CT molecular complexity index is 1920. The summed E-state index contributed by atoms with van der Waals surface area (Å²) in [4.78, 5) is 36.5. The van der Waals surface area contributed by atoms with Crippen LogP contribution in [-0.2, 0) is 16.1 Å². The van der Waals surface area contributed by atoms with E-state index in [1.165, 1.54) is 21.7 Å². The van der Waals surface area contributed by atoms with Crippen LogP contribution in [0.2, 0.25) is 0 Å². The largest absolute Gasteiger partial charge is 0.574 e. The fourth-order valence-electron chi connectivity index (χ4n) is 5.39. The van der Waals surface area contributed by atoms with Gasteiger partial charge in [0.15, 0.2) is 5.65 Å². The highest BCUT2D eigenvalue weighted by Crippen LogP contribution is 2.32. The Morgan fingerprint density at radius 1 is 1.16 bits per heavy atom. The second-order valence-electron chi connectivity index (χ2n) is 10.6. The van der Waals surface area contributed by atoms with Gasteiger partial charge in [-0.2, -0.15) is 15.2 Å². The molecular formula is C29H26F3IN8O4. The highest BCUT2D eigenvalue weighted by atomic mass is 127. The predicted octanol–water partition coefficient (Wildman–Crippen LogP) is 4.79. The second-order valence-corrected chi connectivity index (χ2v) is 12.0. The second kappa shape index (κ2) is 11.9. The summed E-state index contributed by atoms with van der Waals surface area (Å²) in [7, 11) is 0. The molecule has 2 N–H and O–H groups in total. The zero-order chi connectivity index (χ0) is 32.0. The van der Waals surface area contributed by atoms with Crippen LogP contribution in [0, 0.1) is 6.92 Å². The first-order valence-corrected chi connectivity index (χ1v) is 15.1. The molecule has 1 fully saturated rings. The number of benzene rings is 1. The Morgan fingerprint density at radius 3 is 2.71 bits per heavy atom. The summed E-state index contributed by atoms with van der Waals surface area (Å²) in [5.41, 5.74) is 4.18. The number of aromatic nitrogens is 6. The van der Waals surface area contributed by atoms with Gasteiger partial charge in [0.1, 0.15) is 18.4 Å². The molecule has 5 aromatic rings. The number of fused-ring (bicyclic) bond motifs is 2. The molecular weight excluding hydrogens is 708 g/mol. The number of hydrogen-bond acceptors (Lipinski definition) is 8. The number of carbonyl (C=O) groups is 2. The van der Waals surface area contributed by atoms with E-state index in [9.17, 15) is 27.9 Å². The van der Waals surface area contributed by atoms with E-state index in [2.05, 4.69) is 52.8 Å². The van der Waals surface area contributed by atoms with E-state index in [1.54, 1.807) is 17.6 Å². The number of nitrogens with zero attached hydrogens (tertiary/aromatic N) is 7. The van der Waals surface area contributed by atoms with Crippen molar-refractivity contribution in [3.05, 3.63) is 66.2 Å². The van der Waals surface area contributed by atoms with Gasteiger partial charge in [0, 0.05) is 35.5 Å². The van der Waals surface area contributed by atoms with E-state index in [4.69, 9.17) is 0 Å². The molecule has 1 aliphatic rings. The lowest BCUT2D eigenvalue weighted by Crippen LogP contribution is -2.46. The summed E-state index contributed by atoms with van der Waals surface area (Å²) in [6.07, 6.45) is -1.38. The van der Waals surface area contributed by atoms with Gasteiger partial charge >= 0.3 is 6.36 Å². The van der Waals surface area contributed by atoms with Gasteiger partial charge in [0.2, 0.25) is 17.7 Å². The maximum Gasteiger partial charge on any atom is 0.574 e. The number of rotatable bonds is 7. The number of pyridine rings is 1. The van der Waals surface area contributed by atoms with E-state index in [0.29, 0.717) is 29.4 Å². The third-order valence-electron chi connectivity index (χ3n) is 7.33. The molecule has 0 saturated carbocycles. The number of aliphatic hydroxyl groups is 1. The van der Waals surface area contributed by atoms with Crippen LogP contribution in [0.1, 0.15) is 37.3 Å². The van der Waals surface area contributed by atoms with Crippen LogP contribution in [0.25, 0.3) is 27.7 Å². The minimum absolute atomic E-state index is 0.140. The van der Waals surface area contributed by atoms with Crippen molar-refractivity contribution in [1.82, 2.24) is 34.3 Å². The zero-order valence-electron chi connectivity index (χ0n) is 23.9. The highest BCUT2D eigenvalue weighted by Gasteiger charge is 2.40. The Hall–Kier alpha value is -4.32. The van der Waals surface area contributed by atoms with Crippen molar-refractivity contribution in [2.24, 2.45) is 0 Å².